The van der Waals surface area contributed by atoms with Crippen molar-refractivity contribution in [2.75, 3.05) is 6.61 Å². The lowest BCUT2D eigenvalue weighted by Crippen LogP contribution is -2.48. The summed E-state index contributed by atoms with van der Waals surface area (Å²) in [5.41, 5.74) is 5.92. The molecule has 0 unspecified atom stereocenters. The van der Waals surface area contributed by atoms with Crippen LogP contribution in [0.4, 0.5) is 4.79 Å². The molecule has 4 N–H and O–H groups in total. The molecule has 0 spiro atoms. The van der Waals surface area contributed by atoms with Gasteiger partial charge in [0.2, 0.25) is 0 Å². The molecular weight excluding hydrogens is 334 g/mol. The number of carbonyl (C=O) groups excluding carboxylic acids is 3. The Labute approximate surface area is 145 Å². The molecule has 8 heteroatoms. The maximum absolute atomic E-state index is 12.0. The van der Waals surface area contributed by atoms with Crippen LogP contribution in [-0.2, 0) is 20.9 Å². The highest BCUT2D eigenvalue weighted by Gasteiger charge is 2.27. The maximum Gasteiger partial charge on any atom is 0.329 e. The molecule has 0 saturated heterocycles. The molecule has 0 bridgehead atoms. The third kappa shape index (κ3) is 6.87. The molecule has 0 aromatic heterocycles. The van der Waals surface area contributed by atoms with E-state index in [1.54, 1.807) is 31.2 Å². The Morgan fingerprint density at radius 2 is 1.88 bits per heavy atom. The zero-order chi connectivity index (χ0) is 18.1. The van der Waals surface area contributed by atoms with Crippen LogP contribution in [0.1, 0.15) is 25.8 Å². The summed E-state index contributed by atoms with van der Waals surface area (Å²) in [7, 11) is 0. The summed E-state index contributed by atoms with van der Waals surface area (Å²) in [5.74, 6) is -1.30. The molecule has 2 atom stereocenters. The number of halogens is 1. The quantitative estimate of drug-likeness (QED) is 0.615. The number of nitrogens with one attached hydrogen (secondary N) is 2. The first-order valence-electron chi connectivity index (χ1n) is 7.57. The smallest absolute Gasteiger partial charge is 0.329 e. The molecule has 1 aromatic carbocycles. The lowest BCUT2D eigenvalue weighted by atomic mass is 9.99. The second-order valence-electron chi connectivity index (χ2n) is 5.38. The van der Waals surface area contributed by atoms with Crippen LogP contribution >= 0.6 is 11.6 Å². The number of rotatable bonds is 8. The van der Waals surface area contributed by atoms with Crippen LogP contribution in [-0.4, -0.2) is 30.6 Å². The lowest BCUT2D eigenvalue weighted by molar-refractivity contribution is -0.151. The van der Waals surface area contributed by atoms with Gasteiger partial charge in [0.05, 0.1) is 0 Å². The summed E-state index contributed by atoms with van der Waals surface area (Å²) < 4.78 is 4.95. The number of esters is 1. The number of benzene rings is 1. The van der Waals surface area contributed by atoms with Gasteiger partial charge in [-0.1, -0.05) is 44.0 Å². The van der Waals surface area contributed by atoms with Crippen LogP contribution in [0.5, 0.6) is 0 Å². The van der Waals surface area contributed by atoms with Gasteiger partial charge in [-0.15, -0.1) is 0 Å². The molecular formula is C16H22ClN3O4. The number of amides is 3. The average Bonchev–Trinajstić information content (AvgIpc) is 2.56. The second-order valence-corrected chi connectivity index (χ2v) is 5.82. The standard InChI is InChI=1S/C16H22ClN3O4/c1-3-10(2)14(20-16(18)23)15(22)24-9-13(21)19-8-11-4-6-12(17)7-5-11/h4-7,10,14H,3,8-9H2,1-2H3,(H,19,21)(H3,18,20,23)/t10-,14+/m0/s1. The third-order valence-electron chi connectivity index (χ3n) is 3.51. The predicted molar refractivity (Wildman–Crippen MR) is 90.2 cm³/mol. The SMILES string of the molecule is CC[C@H](C)[C@@H](NC(N)=O)C(=O)OCC(=O)NCc1ccc(Cl)cc1. The van der Waals surface area contributed by atoms with E-state index in [1.165, 1.54) is 0 Å². The van der Waals surface area contributed by atoms with Gasteiger partial charge in [-0.05, 0) is 23.6 Å². The van der Waals surface area contributed by atoms with Crippen LogP contribution < -0.4 is 16.4 Å². The van der Waals surface area contributed by atoms with E-state index < -0.39 is 30.6 Å². The van der Waals surface area contributed by atoms with Crippen LogP contribution in [0.15, 0.2) is 24.3 Å². The summed E-state index contributed by atoms with van der Waals surface area (Å²) in [6, 6.07) is 5.31. The number of hydrogen-bond acceptors (Lipinski definition) is 4. The van der Waals surface area contributed by atoms with Crippen LogP contribution in [0, 0.1) is 5.92 Å². The Morgan fingerprint density at radius 3 is 2.42 bits per heavy atom. The Bertz CT molecular complexity index is 577. The lowest BCUT2D eigenvalue weighted by Gasteiger charge is -2.21. The normalized spacial score (nSPS) is 12.8. The highest BCUT2D eigenvalue weighted by Crippen LogP contribution is 2.10. The molecule has 0 fully saturated rings. The van der Waals surface area contributed by atoms with Crippen molar-refractivity contribution in [1.82, 2.24) is 10.6 Å². The summed E-state index contributed by atoms with van der Waals surface area (Å²) in [6.45, 7) is 3.51. The largest absolute Gasteiger partial charge is 0.454 e. The summed E-state index contributed by atoms with van der Waals surface area (Å²) >= 11 is 5.78. The van der Waals surface area contributed by atoms with Crippen molar-refractivity contribution in [2.24, 2.45) is 11.7 Å². The molecule has 24 heavy (non-hydrogen) atoms. The Kier molecular flexibility index (Phi) is 8.05. The zero-order valence-electron chi connectivity index (χ0n) is 13.7. The monoisotopic (exact) mass is 355 g/mol. The van der Waals surface area contributed by atoms with Crippen LogP contribution in [0.3, 0.4) is 0 Å². The number of nitrogens with two attached hydrogens (primary N) is 1. The van der Waals surface area contributed by atoms with E-state index in [4.69, 9.17) is 22.1 Å². The fraction of sp³-hybridized carbons (Fsp3) is 0.438. The minimum Gasteiger partial charge on any atom is -0.454 e. The fourth-order valence-electron chi connectivity index (χ4n) is 1.90. The molecule has 0 aliphatic heterocycles. The number of carbonyl (C=O) groups is 3. The van der Waals surface area contributed by atoms with Crippen LogP contribution in [0.2, 0.25) is 5.02 Å². The molecule has 7 nitrogen and oxygen atoms in total. The Balaban J connectivity index is 2.44. The zero-order valence-corrected chi connectivity index (χ0v) is 14.4. The van der Waals surface area contributed by atoms with E-state index in [9.17, 15) is 14.4 Å². The summed E-state index contributed by atoms with van der Waals surface area (Å²) in [5, 5.41) is 5.57. The van der Waals surface area contributed by atoms with Crippen LogP contribution in [0.25, 0.3) is 0 Å². The van der Waals surface area contributed by atoms with Gasteiger partial charge in [-0.25, -0.2) is 9.59 Å². The predicted octanol–water partition coefficient (Wildman–Crippen LogP) is 1.58. The number of urea groups is 1. The summed E-state index contributed by atoms with van der Waals surface area (Å²) in [6.07, 6.45) is 0.642. The fourth-order valence-corrected chi connectivity index (χ4v) is 2.03. The van der Waals surface area contributed by atoms with Gasteiger partial charge in [0.1, 0.15) is 6.04 Å². The first kappa shape index (κ1) is 19.8. The molecule has 0 aliphatic carbocycles. The minimum absolute atomic E-state index is 0.165. The van der Waals surface area contributed by atoms with E-state index >= 15 is 0 Å². The van der Waals surface area contributed by atoms with Gasteiger partial charge >= 0.3 is 12.0 Å². The molecule has 0 heterocycles. The topological polar surface area (TPSA) is 111 Å². The molecule has 1 rings (SSSR count). The van der Waals surface area contributed by atoms with Crippen molar-refractivity contribution in [3.8, 4) is 0 Å². The van der Waals surface area contributed by atoms with E-state index in [2.05, 4.69) is 10.6 Å². The Morgan fingerprint density at radius 1 is 1.25 bits per heavy atom. The third-order valence-corrected chi connectivity index (χ3v) is 3.77. The molecule has 132 valence electrons. The number of primary amides is 1. The van der Waals surface area contributed by atoms with E-state index in [-0.39, 0.29) is 5.92 Å². The Hall–Kier alpha value is -2.28. The van der Waals surface area contributed by atoms with Crippen molar-refractivity contribution in [2.45, 2.75) is 32.9 Å². The molecule has 0 radical (unpaired) electrons. The van der Waals surface area contributed by atoms with Crippen molar-refractivity contribution >= 4 is 29.5 Å². The van der Waals surface area contributed by atoms with Crippen molar-refractivity contribution in [3.63, 3.8) is 0 Å². The van der Waals surface area contributed by atoms with E-state index in [0.717, 1.165) is 5.56 Å². The second kappa shape index (κ2) is 9.77. The van der Waals surface area contributed by atoms with E-state index in [1.807, 2.05) is 6.92 Å². The number of hydrogen-bond donors (Lipinski definition) is 3. The summed E-state index contributed by atoms with van der Waals surface area (Å²) in [4.78, 5) is 34.7. The molecule has 0 aliphatic rings. The minimum atomic E-state index is -0.878. The van der Waals surface area contributed by atoms with Gasteiger partial charge < -0.3 is 21.1 Å². The van der Waals surface area contributed by atoms with Crippen molar-refractivity contribution in [1.29, 1.82) is 0 Å². The van der Waals surface area contributed by atoms with Gasteiger partial charge in [-0.2, -0.15) is 0 Å². The average molecular weight is 356 g/mol. The van der Waals surface area contributed by atoms with Gasteiger partial charge in [0.25, 0.3) is 5.91 Å². The van der Waals surface area contributed by atoms with Gasteiger partial charge in [0.15, 0.2) is 6.61 Å². The maximum atomic E-state index is 12.0. The van der Waals surface area contributed by atoms with Gasteiger partial charge in [0, 0.05) is 11.6 Å². The number of ether oxygens (including phenoxy) is 1. The molecule has 3 amide bonds. The first-order chi connectivity index (χ1) is 11.3. The van der Waals surface area contributed by atoms with Crippen molar-refractivity contribution in [3.05, 3.63) is 34.9 Å². The molecule has 0 saturated carbocycles. The highest BCUT2D eigenvalue weighted by atomic mass is 35.5. The van der Waals surface area contributed by atoms with Crippen molar-refractivity contribution < 1.29 is 19.1 Å². The highest BCUT2D eigenvalue weighted by molar-refractivity contribution is 6.30. The first-order valence-corrected chi connectivity index (χ1v) is 7.95. The van der Waals surface area contributed by atoms with Gasteiger partial charge in [-0.3, -0.25) is 4.79 Å². The molecule has 1 aromatic rings. The van der Waals surface area contributed by atoms with E-state index in [0.29, 0.717) is 18.0 Å².